The Balaban J connectivity index is 1.83. The summed E-state index contributed by atoms with van der Waals surface area (Å²) in [6, 6.07) is 11.6. The Bertz CT molecular complexity index is 1270. The maximum absolute atomic E-state index is 10.6. The van der Waals surface area contributed by atoms with Crippen molar-refractivity contribution in [3.8, 4) is 23.1 Å². The monoisotopic (exact) mass is 432 g/mol. The van der Waals surface area contributed by atoms with Crippen LogP contribution in [-0.4, -0.2) is 35.9 Å². The van der Waals surface area contributed by atoms with E-state index in [1.54, 1.807) is 14.2 Å². The van der Waals surface area contributed by atoms with Crippen LogP contribution in [0.15, 0.2) is 42.6 Å². The second-order valence-electron chi connectivity index (χ2n) is 7.67. The maximum atomic E-state index is 10.6. The summed E-state index contributed by atoms with van der Waals surface area (Å²) >= 11 is 0. The molecule has 6 heteroatoms. The van der Waals surface area contributed by atoms with Crippen LogP contribution in [0.3, 0.4) is 0 Å². The number of ether oxygens (including phenoxy) is 3. The second-order valence-corrected chi connectivity index (χ2v) is 7.67. The van der Waals surface area contributed by atoms with Gasteiger partial charge in [-0.25, -0.2) is 4.98 Å². The topological polar surface area (TPSA) is 73.7 Å². The van der Waals surface area contributed by atoms with Crippen LogP contribution in [0.25, 0.3) is 21.7 Å². The normalized spacial score (nSPS) is 11.1. The van der Waals surface area contributed by atoms with E-state index in [4.69, 9.17) is 19.2 Å². The highest BCUT2D eigenvalue weighted by atomic mass is 16.5. The third-order valence-electron chi connectivity index (χ3n) is 5.58. The van der Waals surface area contributed by atoms with Gasteiger partial charge in [-0.2, -0.15) is 0 Å². The van der Waals surface area contributed by atoms with E-state index in [0.717, 1.165) is 57.1 Å². The van der Waals surface area contributed by atoms with Crippen molar-refractivity contribution in [1.82, 2.24) is 9.97 Å². The number of pyridine rings is 2. The molecule has 0 bridgehead atoms. The van der Waals surface area contributed by atoms with Gasteiger partial charge in [0.05, 0.1) is 26.3 Å². The average molecular weight is 433 g/mol. The Hall–Kier alpha value is -3.54. The molecule has 0 amide bonds. The first-order valence-corrected chi connectivity index (χ1v) is 10.9. The van der Waals surface area contributed by atoms with Gasteiger partial charge in [-0.3, -0.25) is 4.98 Å². The summed E-state index contributed by atoms with van der Waals surface area (Å²) in [4.78, 5) is 9.13. The maximum Gasteiger partial charge on any atom is 0.214 e. The molecule has 6 nitrogen and oxygen atoms in total. The molecule has 0 saturated carbocycles. The molecule has 0 atom stereocenters. The van der Waals surface area contributed by atoms with Crippen molar-refractivity contribution in [2.24, 2.45) is 0 Å². The van der Waals surface area contributed by atoms with E-state index in [9.17, 15) is 5.11 Å². The highest BCUT2D eigenvalue weighted by Gasteiger charge is 2.15. The predicted molar refractivity (Wildman–Crippen MR) is 126 cm³/mol. The van der Waals surface area contributed by atoms with Gasteiger partial charge in [-0.1, -0.05) is 13.3 Å². The molecule has 0 fully saturated rings. The van der Waals surface area contributed by atoms with Crippen molar-refractivity contribution in [3.63, 3.8) is 0 Å². The molecule has 0 radical (unpaired) electrons. The molecule has 1 N–H and O–H groups in total. The third-order valence-corrected chi connectivity index (χ3v) is 5.58. The van der Waals surface area contributed by atoms with E-state index in [2.05, 4.69) is 11.9 Å². The van der Waals surface area contributed by atoms with Gasteiger partial charge in [0.25, 0.3) is 0 Å². The Morgan fingerprint density at radius 2 is 1.66 bits per heavy atom. The zero-order valence-corrected chi connectivity index (χ0v) is 18.9. The summed E-state index contributed by atoms with van der Waals surface area (Å²) in [5.41, 5.74) is 3.46. The average Bonchev–Trinajstić information content (AvgIpc) is 2.80. The van der Waals surface area contributed by atoms with E-state index in [1.165, 1.54) is 0 Å². The molecular weight excluding hydrogens is 404 g/mol. The Kier molecular flexibility index (Phi) is 6.30. The predicted octanol–water partition coefficient (Wildman–Crippen LogP) is 5.45. The van der Waals surface area contributed by atoms with Crippen molar-refractivity contribution in [2.75, 3.05) is 20.8 Å². The smallest absolute Gasteiger partial charge is 0.214 e. The number of aromatic hydroxyl groups is 1. The van der Waals surface area contributed by atoms with Gasteiger partial charge in [-0.15, -0.1) is 0 Å². The Morgan fingerprint density at radius 3 is 2.34 bits per heavy atom. The third kappa shape index (κ3) is 4.13. The molecule has 0 aliphatic rings. The molecule has 4 aromatic rings. The Labute approximate surface area is 187 Å². The highest BCUT2D eigenvalue weighted by Crippen LogP contribution is 2.36. The lowest BCUT2D eigenvalue weighted by Crippen LogP contribution is -2.00. The van der Waals surface area contributed by atoms with Gasteiger partial charge in [0.2, 0.25) is 5.88 Å². The molecule has 4 rings (SSSR count). The van der Waals surface area contributed by atoms with Crippen molar-refractivity contribution in [3.05, 3.63) is 59.4 Å². The molecular formula is C26H28N2O4. The van der Waals surface area contributed by atoms with Crippen LogP contribution >= 0.6 is 0 Å². The van der Waals surface area contributed by atoms with Gasteiger partial charge in [0.1, 0.15) is 5.75 Å². The zero-order chi connectivity index (χ0) is 22.7. The molecule has 32 heavy (non-hydrogen) atoms. The second kappa shape index (κ2) is 9.30. The number of aromatic nitrogens is 2. The van der Waals surface area contributed by atoms with Gasteiger partial charge >= 0.3 is 0 Å². The van der Waals surface area contributed by atoms with Crippen LogP contribution in [0.1, 0.15) is 37.1 Å². The van der Waals surface area contributed by atoms with Crippen LogP contribution in [0, 0.1) is 0 Å². The molecule has 0 aliphatic carbocycles. The number of methoxy groups -OCH3 is 2. The molecule has 0 saturated heterocycles. The number of aryl methyl sites for hydroxylation is 1. The van der Waals surface area contributed by atoms with Crippen LogP contribution in [0.5, 0.6) is 23.1 Å². The fourth-order valence-corrected chi connectivity index (χ4v) is 4.04. The molecule has 0 unspecified atom stereocenters. The van der Waals surface area contributed by atoms with Crippen LogP contribution in [-0.2, 0) is 12.8 Å². The molecule has 2 heterocycles. The first-order chi connectivity index (χ1) is 15.6. The summed E-state index contributed by atoms with van der Waals surface area (Å²) in [5, 5.41) is 13.6. The van der Waals surface area contributed by atoms with E-state index >= 15 is 0 Å². The minimum Gasteiger partial charge on any atom is -0.494 e. The van der Waals surface area contributed by atoms with E-state index < -0.39 is 0 Å². The van der Waals surface area contributed by atoms with Gasteiger partial charge < -0.3 is 19.3 Å². The molecule has 166 valence electrons. The lowest BCUT2D eigenvalue weighted by Gasteiger charge is -2.15. The summed E-state index contributed by atoms with van der Waals surface area (Å²) in [5.74, 6) is 2.14. The zero-order valence-electron chi connectivity index (χ0n) is 18.9. The van der Waals surface area contributed by atoms with Gasteiger partial charge in [0.15, 0.2) is 11.5 Å². The number of hydrogen-bond donors (Lipinski definition) is 1. The van der Waals surface area contributed by atoms with E-state index in [0.29, 0.717) is 24.5 Å². The van der Waals surface area contributed by atoms with Crippen LogP contribution < -0.4 is 14.2 Å². The fourth-order valence-electron chi connectivity index (χ4n) is 4.04. The number of benzene rings is 2. The number of nitrogens with zero attached hydrogens (tertiary/aromatic N) is 2. The number of fused-ring (bicyclic) bond motifs is 2. The molecule has 2 aromatic heterocycles. The highest BCUT2D eigenvalue weighted by molar-refractivity contribution is 5.91. The molecule has 2 aromatic carbocycles. The van der Waals surface area contributed by atoms with Crippen molar-refractivity contribution >= 4 is 21.7 Å². The first-order valence-electron chi connectivity index (χ1n) is 10.9. The SMILES string of the molecule is CCCc1ncc(Cc2cc3cc(OCC)ccc3nc2O)c2cc(OC)c(OC)cc12. The Morgan fingerprint density at radius 1 is 0.906 bits per heavy atom. The summed E-state index contributed by atoms with van der Waals surface area (Å²) in [6.45, 7) is 4.68. The van der Waals surface area contributed by atoms with Crippen molar-refractivity contribution in [1.29, 1.82) is 0 Å². The van der Waals surface area contributed by atoms with E-state index in [1.807, 2.05) is 49.5 Å². The lowest BCUT2D eigenvalue weighted by molar-refractivity contribution is 0.340. The molecule has 0 aliphatic heterocycles. The first kappa shape index (κ1) is 21.7. The molecule has 0 spiro atoms. The number of hydrogen-bond acceptors (Lipinski definition) is 6. The van der Waals surface area contributed by atoms with Gasteiger partial charge in [-0.05, 0) is 60.7 Å². The quantitative estimate of drug-likeness (QED) is 0.399. The summed E-state index contributed by atoms with van der Waals surface area (Å²) < 4.78 is 16.7. The summed E-state index contributed by atoms with van der Waals surface area (Å²) in [6.07, 6.45) is 4.24. The standard InChI is InChI=1S/C26H28N2O4/c1-5-7-23-21-14-25(31-4)24(30-3)13-20(21)18(15-27-23)11-17-10-16-12-19(32-6-2)8-9-22(16)28-26(17)29/h8-10,12-15H,5-7,11H2,1-4H3,(H,28,29). The summed E-state index contributed by atoms with van der Waals surface area (Å²) in [7, 11) is 3.27. The van der Waals surface area contributed by atoms with Crippen LogP contribution in [0.4, 0.5) is 0 Å². The van der Waals surface area contributed by atoms with E-state index in [-0.39, 0.29) is 5.88 Å². The van der Waals surface area contributed by atoms with Crippen molar-refractivity contribution < 1.29 is 19.3 Å². The largest absolute Gasteiger partial charge is 0.494 e. The minimum absolute atomic E-state index is 0.0212. The van der Waals surface area contributed by atoms with Crippen molar-refractivity contribution in [2.45, 2.75) is 33.1 Å². The minimum atomic E-state index is 0.0212. The fraction of sp³-hybridized carbons (Fsp3) is 0.308. The van der Waals surface area contributed by atoms with Gasteiger partial charge in [0, 0.05) is 34.6 Å². The number of rotatable bonds is 8. The van der Waals surface area contributed by atoms with Crippen LogP contribution in [0.2, 0.25) is 0 Å². The lowest BCUT2D eigenvalue weighted by atomic mass is 9.97.